The molecule has 0 unspecified atom stereocenters. The Morgan fingerprint density at radius 1 is 0.821 bits per heavy atom. The van der Waals surface area contributed by atoms with E-state index in [2.05, 4.69) is 39.8 Å². The van der Waals surface area contributed by atoms with Crippen LogP contribution in [0.4, 0.5) is 10.5 Å². The minimum atomic E-state index is -0.179. The van der Waals surface area contributed by atoms with Crippen LogP contribution >= 0.6 is 0 Å². The van der Waals surface area contributed by atoms with Crippen molar-refractivity contribution in [3.05, 3.63) is 102 Å². The van der Waals surface area contributed by atoms with E-state index in [9.17, 15) is 4.79 Å². The lowest BCUT2D eigenvalue weighted by molar-refractivity contribution is 0.239. The summed E-state index contributed by atoms with van der Waals surface area (Å²) in [5.74, 6) is 0. The fourth-order valence-corrected chi connectivity index (χ4v) is 3.11. The third kappa shape index (κ3) is 5.36. The summed E-state index contributed by atoms with van der Waals surface area (Å²) >= 11 is 0. The van der Waals surface area contributed by atoms with Gasteiger partial charge in [0.1, 0.15) is 0 Å². The molecule has 4 heteroatoms. The van der Waals surface area contributed by atoms with Crippen molar-refractivity contribution in [3.63, 3.8) is 0 Å². The average Bonchev–Trinajstić information content (AvgIpc) is 2.73. The Morgan fingerprint density at radius 2 is 1.36 bits per heavy atom. The lowest BCUT2D eigenvalue weighted by Gasteiger charge is -2.20. The number of rotatable bonds is 7. The van der Waals surface area contributed by atoms with E-state index in [1.807, 2.05) is 74.8 Å². The molecular weight excluding hydrogens is 346 g/mol. The number of amides is 2. The van der Waals surface area contributed by atoms with Crippen LogP contribution in [-0.4, -0.2) is 26.7 Å². The van der Waals surface area contributed by atoms with Crippen molar-refractivity contribution in [1.82, 2.24) is 10.6 Å². The van der Waals surface area contributed by atoms with E-state index >= 15 is 0 Å². The number of benzene rings is 3. The minimum Gasteiger partial charge on any atom is -0.378 e. The zero-order chi connectivity index (χ0) is 19.8. The molecule has 3 rings (SSSR count). The molecule has 0 aliphatic carbocycles. The Labute approximate surface area is 167 Å². The van der Waals surface area contributed by atoms with Crippen LogP contribution in [0.5, 0.6) is 0 Å². The van der Waals surface area contributed by atoms with Gasteiger partial charge in [-0.2, -0.15) is 0 Å². The van der Waals surface area contributed by atoms with Gasteiger partial charge < -0.3 is 15.5 Å². The van der Waals surface area contributed by atoms with Gasteiger partial charge in [-0.15, -0.1) is 0 Å². The number of carbonyl (C=O) groups is 1. The number of urea groups is 1. The molecule has 2 N–H and O–H groups in total. The van der Waals surface area contributed by atoms with E-state index in [1.165, 1.54) is 11.3 Å². The van der Waals surface area contributed by atoms with E-state index in [1.54, 1.807) is 0 Å². The number of nitrogens with one attached hydrogen (secondary N) is 2. The van der Waals surface area contributed by atoms with Crippen LogP contribution in [0, 0.1) is 0 Å². The van der Waals surface area contributed by atoms with Gasteiger partial charge in [0, 0.05) is 26.3 Å². The third-order valence-corrected chi connectivity index (χ3v) is 4.69. The molecule has 0 fully saturated rings. The first kappa shape index (κ1) is 19.5. The molecule has 0 spiro atoms. The molecule has 0 atom stereocenters. The molecule has 0 radical (unpaired) electrons. The van der Waals surface area contributed by atoms with Gasteiger partial charge in [0.2, 0.25) is 0 Å². The summed E-state index contributed by atoms with van der Waals surface area (Å²) in [5, 5.41) is 6.08. The van der Waals surface area contributed by atoms with Crippen LogP contribution < -0.4 is 15.5 Å². The predicted octanol–water partition coefficient (Wildman–Crippen LogP) is 4.38. The lowest BCUT2D eigenvalue weighted by atomic mass is 9.99. The second-order valence-electron chi connectivity index (χ2n) is 6.97. The molecule has 0 aliphatic heterocycles. The average molecular weight is 374 g/mol. The van der Waals surface area contributed by atoms with Crippen LogP contribution in [0.2, 0.25) is 0 Å². The first-order chi connectivity index (χ1) is 13.6. The molecule has 28 heavy (non-hydrogen) atoms. The summed E-state index contributed by atoms with van der Waals surface area (Å²) in [4.78, 5) is 14.6. The van der Waals surface area contributed by atoms with E-state index in [0.717, 1.165) is 17.5 Å². The van der Waals surface area contributed by atoms with Gasteiger partial charge in [-0.05, 0) is 35.2 Å². The van der Waals surface area contributed by atoms with Crippen molar-refractivity contribution < 1.29 is 4.79 Å². The summed E-state index contributed by atoms with van der Waals surface area (Å²) in [7, 11) is 4.05. The van der Waals surface area contributed by atoms with Gasteiger partial charge in [0.05, 0.1) is 6.04 Å². The largest absolute Gasteiger partial charge is 0.378 e. The maximum Gasteiger partial charge on any atom is 0.315 e. The first-order valence-corrected chi connectivity index (χ1v) is 9.54. The summed E-state index contributed by atoms with van der Waals surface area (Å²) in [5.41, 5.74) is 4.49. The maximum atomic E-state index is 12.5. The smallest absolute Gasteiger partial charge is 0.315 e. The Bertz CT molecular complexity index is 822. The van der Waals surface area contributed by atoms with Crippen LogP contribution in [0.3, 0.4) is 0 Å². The molecule has 4 nitrogen and oxygen atoms in total. The number of hydrogen-bond acceptors (Lipinski definition) is 2. The van der Waals surface area contributed by atoms with Crippen LogP contribution in [0.1, 0.15) is 22.7 Å². The molecule has 0 aliphatic rings. The van der Waals surface area contributed by atoms with Gasteiger partial charge in [-0.25, -0.2) is 4.79 Å². The van der Waals surface area contributed by atoms with Gasteiger partial charge in [-0.3, -0.25) is 0 Å². The summed E-state index contributed by atoms with van der Waals surface area (Å²) in [6.45, 7) is 0.587. The van der Waals surface area contributed by atoms with Gasteiger partial charge in [0.25, 0.3) is 0 Å². The van der Waals surface area contributed by atoms with Crippen molar-refractivity contribution >= 4 is 11.7 Å². The summed E-state index contributed by atoms with van der Waals surface area (Å²) in [6, 6.07) is 28.1. The quantitative estimate of drug-likeness (QED) is 0.645. The molecule has 0 aromatic heterocycles. The molecule has 144 valence electrons. The fraction of sp³-hybridized carbons (Fsp3) is 0.208. The molecule has 2 amide bonds. The van der Waals surface area contributed by atoms with Crippen molar-refractivity contribution in [2.75, 3.05) is 25.5 Å². The standard InChI is InChI=1S/C24H27N3O/c1-27(2)22-15-13-19(14-16-22)17-18-25-24(28)26-23(20-9-5-3-6-10-20)21-11-7-4-8-12-21/h3-16,23H,17-18H2,1-2H3,(H2,25,26,28). The second-order valence-corrected chi connectivity index (χ2v) is 6.97. The molecule has 0 heterocycles. The summed E-state index contributed by atoms with van der Waals surface area (Å²) in [6.07, 6.45) is 0.794. The highest BCUT2D eigenvalue weighted by Crippen LogP contribution is 2.21. The van der Waals surface area contributed by atoms with Crippen molar-refractivity contribution in [3.8, 4) is 0 Å². The molecule has 0 saturated heterocycles. The third-order valence-electron chi connectivity index (χ3n) is 4.69. The van der Waals surface area contributed by atoms with E-state index in [-0.39, 0.29) is 12.1 Å². The highest BCUT2D eigenvalue weighted by atomic mass is 16.2. The Morgan fingerprint density at radius 3 is 1.86 bits per heavy atom. The fourth-order valence-electron chi connectivity index (χ4n) is 3.11. The molecule has 3 aromatic rings. The van der Waals surface area contributed by atoms with E-state index in [0.29, 0.717) is 6.54 Å². The minimum absolute atomic E-state index is 0.164. The second kappa shape index (κ2) is 9.60. The van der Waals surface area contributed by atoms with Crippen LogP contribution in [0.25, 0.3) is 0 Å². The SMILES string of the molecule is CN(C)c1ccc(CCNC(=O)NC(c2ccccc2)c2ccccc2)cc1. The maximum absolute atomic E-state index is 12.5. The summed E-state index contributed by atoms with van der Waals surface area (Å²) < 4.78 is 0. The predicted molar refractivity (Wildman–Crippen MR) is 116 cm³/mol. The normalized spacial score (nSPS) is 10.5. The Kier molecular flexibility index (Phi) is 6.68. The zero-order valence-corrected chi connectivity index (χ0v) is 16.4. The molecule has 3 aromatic carbocycles. The van der Waals surface area contributed by atoms with E-state index in [4.69, 9.17) is 0 Å². The number of anilines is 1. The number of carbonyl (C=O) groups excluding carboxylic acids is 1. The number of nitrogens with zero attached hydrogens (tertiary/aromatic N) is 1. The van der Waals surface area contributed by atoms with E-state index < -0.39 is 0 Å². The zero-order valence-electron chi connectivity index (χ0n) is 16.4. The van der Waals surface area contributed by atoms with Crippen LogP contribution in [-0.2, 0) is 6.42 Å². The van der Waals surface area contributed by atoms with Gasteiger partial charge in [0.15, 0.2) is 0 Å². The van der Waals surface area contributed by atoms with Crippen molar-refractivity contribution in [2.45, 2.75) is 12.5 Å². The van der Waals surface area contributed by atoms with Gasteiger partial charge in [-0.1, -0.05) is 72.8 Å². The van der Waals surface area contributed by atoms with Crippen molar-refractivity contribution in [1.29, 1.82) is 0 Å². The Hall–Kier alpha value is -3.27. The van der Waals surface area contributed by atoms with Gasteiger partial charge >= 0.3 is 6.03 Å². The number of hydrogen-bond donors (Lipinski definition) is 2. The van der Waals surface area contributed by atoms with Crippen molar-refractivity contribution in [2.24, 2.45) is 0 Å². The lowest BCUT2D eigenvalue weighted by Crippen LogP contribution is -2.39. The highest BCUT2D eigenvalue weighted by Gasteiger charge is 2.16. The van der Waals surface area contributed by atoms with Crippen LogP contribution in [0.15, 0.2) is 84.9 Å². The highest BCUT2D eigenvalue weighted by molar-refractivity contribution is 5.75. The molecular formula is C24H27N3O. The first-order valence-electron chi connectivity index (χ1n) is 9.54. The topological polar surface area (TPSA) is 44.4 Å². The molecule has 0 bridgehead atoms. The monoisotopic (exact) mass is 373 g/mol. The Balaban J connectivity index is 1.58. The molecule has 0 saturated carbocycles.